The number of hydrogen-bond donors (Lipinski definition) is 2. The standard InChI is InChI=1S/C18H13F2N5O/c19-13-6-3-7-14(15(13)20)26-9-10-4-1-2-5-11(10)16-12(8-21)17(22)25-18(23)24-16/h1-7H,9H2,(H4,22,23,24,25). The molecule has 3 aromatic rings. The van der Waals surface area contributed by atoms with Gasteiger partial charge in [-0.1, -0.05) is 30.3 Å². The van der Waals surface area contributed by atoms with Crippen LogP contribution in [0.1, 0.15) is 11.1 Å². The van der Waals surface area contributed by atoms with Gasteiger partial charge >= 0.3 is 0 Å². The molecule has 0 bridgehead atoms. The van der Waals surface area contributed by atoms with Crippen molar-refractivity contribution in [3.8, 4) is 23.1 Å². The number of nitrogens with two attached hydrogens (primary N) is 2. The van der Waals surface area contributed by atoms with Crippen LogP contribution in [0.15, 0.2) is 42.5 Å². The molecule has 26 heavy (non-hydrogen) atoms. The number of rotatable bonds is 4. The minimum atomic E-state index is -1.07. The largest absolute Gasteiger partial charge is 0.486 e. The first-order valence-electron chi connectivity index (χ1n) is 7.49. The predicted molar refractivity (Wildman–Crippen MR) is 91.7 cm³/mol. The lowest BCUT2D eigenvalue weighted by atomic mass is 10.0. The molecule has 0 radical (unpaired) electrons. The van der Waals surface area contributed by atoms with Crippen LogP contribution in [-0.2, 0) is 6.61 Å². The van der Waals surface area contributed by atoms with Crippen molar-refractivity contribution >= 4 is 11.8 Å². The van der Waals surface area contributed by atoms with Gasteiger partial charge in [0.1, 0.15) is 24.1 Å². The maximum Gasteiger partial charge on any atom is 0.222 e. The second kappa shape index (κ2) is 7.03. The third-order valence-electron chi connectivity index (χ3n) is 3.64. The summed E-state index contributed by atoms with van der Waals surface area (Å²) >= 11 is 0. The summed E-state index contributed by atoms with van der Waals surface area (Å²) in [4.78, 5) is 7.87. The number of halogens is 2. The fourth-order valence-electron chi connectivity index (χ4n) is 2.43. The van der Waals surface area contributed by atoms with Gasteiger partial charge in [-0.25, -0.2) is 9.37 Å². The van der Waals surface area contributed by atoms with Gasteiger partial charge in [-0.2, -0.15) is 14.6 Å². The van der Waals surface area contributed by atoms with E-state index in [0.717, 1.165) is 6.07 Å². The van der Waals surface area contributed by atoms with E-state index in [1.54, 1.807) is 24.3 Å². The maximum absolute atomic E-state index is 13.8. The monoisotopic (exact) mass is 353 g/mol. The van der Waals surface area contributed by atoms with Crippen molar-refractivity contribution in [3.05, 3.63) is 65.2 Å². The van der Waals surface area contributed by atoms with Crippen LogP contribution in [0, 0.1) is 23.0 Å². The third-order valence-corrected chi connectivity index (χ3v) is 3.64. The molecular formula is C18H13F2N5O. The summed E-state index contributed by atoms with van der Waals surface area (Å²) in [6.45, 7) is -0.0781. The van der Waals surface area contributed by atoms with Gasteiger partial charge in [-0.3, -0.25) is 0 Å². The van der Waals surface area contributed by atoms with Gasteiger partial charge in [-0.15, -0.1) is 0 Å². The number of benzene rings is 2. The van der Waals surface area contributed by atoms with Gasteiger partial charge in [0.15, 0.2) is 11.6 Å². The molecule has 0 aliphatic carbocycles. The number of hydrogen-bond acceptors (Lipinski definition) is 6. The molecular weight excluding hydrogens is 340 g/mol. The average Bonchev–Trinajstić information content (AvgIpc) is 2.62. The van der Waals surface area contributed by atoms with E-state index in [1.165, 1.54) is 12.1 Å². The van der Waals surface area contributed by atoms with Crippen LogP contribution in [0.2, 0.25) is 0 Å². The van der Waals surface area contributed by atoms with E-state index < -0.39 is 11.6 Å². The molecule has 130 valence electrons. The Morgan fingerprint density at radius 1 is 1.04 bits per heavy atom. The quantitative estimate of drug-likeness (QED) is 0.746. The first-order chi connectivity index (χ1) is 12.5. The Bertz CT molecular complexity index is 1020. The van der Waals surface area contributed by atoms with Crippen LogP contribution < -0.4 is 16.2 Å². The summed E-state index contributed by atoms with van der Waals surface area (Å²) < 4.78 is 32.5. The minimum absolute atomic E-state index is 0.0399. The van der Waals surface area contributed by atoms with Crippen molar-refractivity contribution in [2.24, 2.45) is 0 Å². The molecule has 0 saturated heterocycles. The summed E-state index contributed by atoms with van der Waals surface area (Å²) in [7, 11) is 0. The third kappa shape index (κ3) is 3.23. The summed E-state index contributed by atoms with van der Waals surface area (Å²) in [5.74, 6) is -2.41. The first-order valence-corrected chi connectivity index (χ1v) is 7.49. The Morgan fingerprint density at radius 2 is 1.81 bits per heavy atom. The highest BCUT2D eigenvalue weighted by atomic mass is 19.2. The second-order valence-electron chi connectivity index (χ2n) is 5.30. The molecule has 0 atom stereocenters. The zero-order valence-corrected chi connectivity index (χ0v) is 13.4. The number of anilines is 2. The van der Waals surface area contributed by atoms with E-state index in [4.69, 9.17) is 16.2 Å². The van der Waals surface area contributed by atoms with Crippen molar-refractivity contribution in [1.82, 2.24) is 9.97 Å². The first kappa shape index (κ1) is 17.1. The molecule has 0 aliphatic rings. The highest BCUT2D eigenvalue weighted by molar-refractivity contribution is 5.75. The zero-order valence-electron chi connectivity index (χ0n) is 13.4. The molecule has 0 aliphatic heterocycles. The Labute approximate surface area is 147 Å². The molecule has 1 heterocycles. The Balaban J connectivity index is 2.00. The van der Waals surface area contributed by atoms with Gasteiger partial charge in [0.2, 0.25) is 11.8 Å². The van der Waals surface area contributed by atoms with Gasteiger partial charge in [-0.05, 0) is 17.7 Å². The number of nitrogens with zero attached hydrogens (tertiary/aromatic N) is 3. The fraction of sp³-hybridized carbons (Fsp3) is 0.0556. The van der Waals surface area contributed by atoms with E-state index in [9.17, 15) is 14.0 Å². The maximum atomic E-state index is 13.8. The van der Waals surface area contributed by atoms with Crippen LogP contribution in [0.4, 0.5) is 20.5 Å². The Kier molecular flexibility index (Phi) is 4.62. The summed E-state index contributed by atoms with van der Waals surface area (Å²) in [6.07, 6.45) is 0. The Hall–Kier alpha value is -3.73. The van der Waals surface area contributed by atoms with E-state index in [2.05, 4.69) is 9.97 Å². The van der Waals surface area contributed by atoms with Gasteiger partial charge in [0.05, 0.1) is 5.69 Å². The van der Waals surface area contributed by atoms with Gasteiger partial charge < -0.3 is 16.2 Å². The summed E-state index contributed by atoms with van der Waals surface area (Å²) in [6, 6.07) is 12.5. The average molecular weight is 353 g/mol. The van der Waals surface area contributed by atoms with E-state index >= 15 is 0 Å². The zero-order chi connectivity index (χ0) is 18.7. The van der Waals surface area contributed by atoms with Crippen molar-refractivity contribution in [2.45, 2.75) is 6.61 Å². The second-order valence-corrected chi connectivity index (χ2v) is 5.30. The van der Waals surface area contributed by atoms with Crippen molar-refractivity contribution < 1.29 is 13.5 Å². The van der Waals surface area contributed by atoms with E-state index in [0.29, 0.717) is 11.1 Å². The highest BCUT2D eigenvalue weighted by Gasteiger charge is 2.17. The fourth-order valence-corrected chi connectivity index (χ4v) is 2.43. The normalized spacial score (nSPS) is 10.3. The molecule has 2 aromatic carbocycles. The summed E-state index contributed by atoms with van der Waals surface area (Å²) in [5.41, 5.74) is 12.8. The van der Waals surface area contributed by atoms with Crippen molar-refractivity contribution in [2.75, 3.05) is 11.5 Å². The predicted octanol–water partition coefficient (Wildman–Crippen LogP) is 3.04. The van der Waals surface area contributed by atoms with Gasteiger partial charge in [0, 0.05) is 5.56 Å². The van der Waals surface area contributed by atoms with Crippen LogP contribution >= 0.6 is 0 Å². The molecule has 4 N–H and O–H groups in total. The van der Waals surface area contributed by atoms with E-state index in [-0.39, 0.29) is 35.4 Å². The number of nitriles is 1. The van der Waals surface area contributed by atoms with Crippen LogP contribution in [0.25, 0.3) is 11.3 Å². The topological polar surface area (TPSA) is 111 Å². The lowest BCUT2D eigenvalue weighted by molar-refractivity contribution is 0.285. The van der Waals surface area contributed by atoms with Crippen molar-refractivity contribution in [1.29, 1.82) is 5.26 Å². The molecule has 0 unspecified atom stereocenters. The molecule has 0 amide bonds. The van der Waals surface area contributed by atoms with Crippen LogP contribution in [-0.4, -0.2) is 9.97 Å². The molecule has 0 fully saturated rings. The SMILES string of the molecule is N#Cc1c(N)nc(N)nc1-c1ccccc1COc1cccc(F)c1F. The van der Waals surface area contributed by atoms with E-state index in [1.807, 2.05) is 6.07 Å². The summed E-state index contributed by atoms with van der Waals surface area (Å²) in [5, 5.41) is 9.34. The van der Waals surface area contributed by atoms with Crippen LogP contribution in [0.3, 0.4) is 0 Å². The number of ether oxygens (including phenoxy) is 1. The molecule has 8 heteroatoms. The molecule has 0 saturated carbocycles. The minimum Gasteiger partial charge on any atom is -0.486 e. The Morgan fingerprint density at radius 3 is 2.58 bits per heavy atom. The van der Waals surface area contributed by atoms with Gasteiger partial charge in [0.25, 0.3) is 0 Å². The van der Waals surface area contributed by atoms with Crippen molar-refractivity contribution in [3.63, 3.8) is 0 Å². The molecule has 1 aromatic heterocycles. The van der Waals surface area contributed by atoms with Crippen LogP contribution in [0.5, 0.6) is 5.75 Å². The molecule has 0 spiro atoms. The lowest BCUT2D eigenvalue weighted by Crippen LogP contribution is -2.07. The lowest BCUT2D eigenvalue weighted by Gasteiger charge is -2.13. The number of nitrogen functional groups attached to an aromatic ring is 2. The number of aromatic nitrogens is 2. The highest BCUT2D eigenvalue weighted by Crippen LogP contribution is 2.29. The molecule has 6 nitrogen and oxygen atoms in total. The smallest absolute Gasteiger partial charge is 0.222 e. The molecule has 3 rings (SSSR count).